The molecule has 2 rings (SSSR count). The molecule has 0 aliphatic carbocycles. The Morgan fingerprint density at radius 2 is 2.05 bits per heavy atom. The number of pyridine rings is 1. The Labute approximate surface area is 114 Å². The lowest BCUT2D eigenvalue weighted by atomic mass is 10.3. The van der Waals surface area contributed by atoms with Crippen molar-refractivity contribution in [2.24, 2.45) is 0 Å². The Bertz CT molecular complexity index is 404. The van der Waals surface area contributed by atoms with E-state index < -0.39 is 0 Å². The third-order valence-electron chi connectivity index (χ3n) is 3.43. The van der Waals surface area contributed by atoms with Gasteiger partial charge in [0.15, 0.2) is 5.82 Å². The number of hydrogen-bond donors (Lipinski definition) is 2. The van der Waals surface area contributed by atoms with Crippen molar-refractivity contribution in [1.82, 2.24) is 14.8 Å². The van der Waals surface area contributed by atoms with Crippen LogP contribution in [0.5, 0.6) is 5.88 Å². The summed E-state index contributed by atoms with van der Waals surface area (Å²) < 4.78 is 5.10. The Kier molecular flexibility index (Phi) is 4.81. The van der Waals surface area contributed by atoms with Crippen LogP contribution in [0.3, 0.4) is 0 Å². The first kappa shape index (κ1) is 13.9. The molecule has 0 spiro atoms. The van der Waals surface area contributed by atoms with Gasteiger partial charge in [-0.25, -0.2) is 0 Å². The molecule has 6 heteroatoms. The topological polar surface area (TPSA) is 66.7 Å². The zero-order chi connectivity index (χ0) is 13.7. The molecule has 0 atom stereocenters. The van der Waals surface area contributed by atoms with E-state index in [0.29, 0.717) is 17.4 Å². The molecule has 6 nitrogen and oxygen atoms in total. The summed E-state index contributed by atoms with van der Waals surface area (Å²) >= 11 is 0. The molecule has 1 saturated heterocycles. The van der Waals surface area contributed by atoms with E-state index in [4.69, 9.17) is 10.5 Å². The molecule has 0 amide bonds. The van der Waals surface area contributed by atoms with Gasteiger partial charge in [-0.15, -0.1) is 0 Å². The average Bonchev–Trinajstić information content (AvgIpc) is 2.43. The van der Waals surface area contributed by atoms with Gasteiger partial charge >= 0.3 is 0 Å². The lowest BCUT2D eigenvalue weighted by Gasteiger charge is -2.32. The third-order valence-corrected chi connectivity index (χ3v) is 3.43. The first-order valence-electron chi connectivity index (χ1n) is 6.64. The molecule has 0 aromatic carbocycles. The lowest BCUT2D eigenvalue weighted by molar-refractivity contribution is 0.158. The maximum atomic E-state index is 5.88. The zero-order valence-electron chi connectivity index (χ0n) is 11.7. The van der Waals surface area contributed by atoms with Gasteiger partial charge in [-0.1, -0.05) is 0 Å². The molecule has 1 aliphatic heterocycles. The number of nitrogens with two attached hydrogens (primary N) is 1. The quantitative estimate of drug-likeness (QED) is 0.800. The lowest BCUT2D eigenvalue weighted by Crippen LogP contribution is -2.45. The Morgan fingerprint density at radius 1 is 1.32 bits per heavy atom. The minimum absolute atomic E-state index is 0.580. The maximum Gasteiger partial charge on any atom is 0.215 e. The van der Waals surface area contributed by atoms with Crippen molar-refractivity contribution in [3.05, 3.63) is 12.1 Å². The summed E-state index contributed by atoms with van der Waals surface area (Å²) in [7, 11) is 3.77. The zero-order valence-corrected chi connectivity index (χ0v) is 11.7. The van der Waals surface area contributed by atoms with Crippen LogP contribution in [0.4, 0.5) is 11.5 Å². The summed E-state index contributed by atoms with van der Waals surface area (Å²) in [6, 6.07) is 3.57. The van der Waals surface area contributed by atoms with Gasteiger partial charge in [-0.05, 0) is 13.1 Å². The van der Waals surface area contributed by atoms with Gasteiger partial charge < -0.3 is 20.7 Å². The molecule has 0 unspecified atom stereocenters. The maximum absolute atomic E-state index is 5.88. The van der Waals surface area contributed by atoms with Crippen LogP contribution in [-0.2, 0) is 0 Å². The Hall–Kier alpha value is -1.53. The summed E-state index contributed by atoms with van der Waals surface area (Å²) in [5.41, 5.74) is 6.53. The van der Waals surface area contributed by atoms with Gasteiger partial charge in [0.05, 0.1) is 12.8 Å². The van der Waals surface area contributed by atoms with Crippen LogP contribution in [0.25, 0.3) is 0 Å². The second kappa shape index (κ2) is 6.58. The van der Waals surface area contributed by atoms with E-state index in [1.54, 1.807) is 13.2 Å². The van der Waals surface area contributed by atoms with Crippen molar-refractivity contribution >= 4 is 11.5 Å². The fraction of sp³-hybridized carbons (Fsp3) is 0.615. The van der Waals surface area contributed by atoms with E-state index in [0.717, 1.165) is 39.3 Å². The Morgan fingerprint density at radius 3 is 2.74 bits per heavy atom. The number of likely N-dealkylation sites (N-methyl/N-ethyl adjacent to an activating group) is 1. The average molecular weight is 265 g/mol. The number of ether oxygens (including phenoxy) is 1. The molecular weight excluding hydrogens is 242 g/mol. The number of nitrogens with zero attached hydrogens (tertiary/aromatic N) is 3. The van der Waals surface area contributed by atoms with Gasteiger partial charge in [0.1, 0.15) is 0 Å². The molecular formula is C13H23N5O. The summed E-state index contributed by atoms with van der Waals surface area (Å²) in [5.74, 6) is 1.28. The van der Waals surface area contributed by atoms with Gasteiger partial charge in [0.25, 0.3) is 0 Å². The predicted octanol–water partition coefficient (Wildman–Crippen LogP) is 0.332. The number of piperazine rings is 1. The minimum Gasteiger partial charge on any atom is -0.481 e. The number of methoxy groups -OCH3 is 1. The molecule has 1 aromatic heterocycles. The van der Waals surface area contributed by atoms with Crippen molar-refractivity contribution in [1.29, 1.82) is 0 Å². The molecule has 2 heterocycles. The summed E-state index contributed by atoms with van der Waals surface area (Å²) in [6.07, 6.45) is 0. The van der Waals surface area contributed by atoms with Gasteiger partial charge in [0.2, 0.25) is 5.88 Å². The molecule has 0 bridgehead atoms. The van der Waals surface area contributed by atoms with Crippen LogP contribution >= 0.6 is 0 Å². The number of hydrogen-bond acceptors (Lipinski definition) is 6. The van der Waals surface area contributed by atoms with E-state index in [1.807, 2.05) is 6.07 Å². The number of rotatable bonds is 5. The Balaban J connectivity index is 1.79. The first-order valence-corrected chi connectivity index (χ1v) is 6.64. The summed E-state index contributed by atoms with van der Waals surface area (Å²) in [4.78, 5) is 9.10. The second-order valence-electron chi connectivity index (χ2n) is 4.86. The SMILES string of the molecule is COc1ccc(N)c(NCCN2CCN(C)CC2)n1. The van der Waals surface area contributed by atoms with Crippen LogP contribution in [0.15, 0.2) is 12.1 Å². The van der Waals surface area contributed by atoms with Crippen LogP contribution in [0, 0.1) is 0 Å². The van der Waals surface area contributed by atoms with Crippen molar-refractivity contribution in [2.75, 3.05) is 64.5 Å². The van der Waals surface area contributed by atoms with Crippen LogP contribution in [0.2, 0.25) is 0 Å². The van der Waals surface area contributed by atoms with E-state index in [1.165, 1.54) is 0 Å². The standard InChI is InChI=1S/C13H23N5O/c1-17-7-9-18(10-8-17)6-5-15-13-11(14)3-4-12(16-13)19-2/h3-4H,5-10,14H2,1-2H3,(H,15,16). The second-order valence-corrected chi connectivity index (χ2v) is 4.86. The highest BCUT2D eigenvalue weighted by Gasteiger charge is 2.13. The van der Waals surface area contributed by atoms with E-state index in [9.17, 15) is 0 Å². The van der Waals surface area contributed by atoms with Crippen LogP contribution in [-0.4, -0.2) is 68.2 Å². The van der Waals surface area contributed by atoms with Crippen molar-refractivity contribution < 1.29 is 4.74 Å². The summed E-state index contributed by atoms with van der Waals surface area (Å²) in [5, 5.41) is 3.27. The molecule has 1 fully saturated rings. The molecule has 3 N–H and O–H groups in total. The number of nitrogens with one attached hydrogen (secondary N) is 1. The molecule has 0 radical (unpaired) electrons. The monoisotopic (exact) mass is 265 g/mol. The largest absolute Gasteiger partial charge is 0.481 e. The van der Waals surface area contributed by atoms with Crippen molar-refractivity contribution in [2.45, 2.75) is 0 Å². The van der Waals surface area contributed by atoms with Gasteiger partial charge in [-0.3, -0.25) is 4.90 Å². The fourth-order valence-corrected chi connectivity index (χ4v) is 2.11. The number of anilines is 2. The molecule has 1 aromatic rings. The van der Waals surface area contributed by atoms with Gasteiger partial charge in [0, 0.05) is 45.3 Å². The summed E-state index contributed by atoms with van der Waals surface area (Å²) in [6.45, 7) is 6.37. The van der Waals surface area contributed by atoms with Crippen molar-refractivity contribution in [3.8, 4) is 5.88 Å². The minimum atomic E-state index is 0.580. The third kappa shape index (κ3) is 3.97. The molecule has 1 aliphatic rings. The van der Waals surface area contributed by atoms with Crippen LogP contribution in [0.1, 0.15) is 0 Å². The highest BCUT2D eigenvalue weighted by atomic mass is 16.5. The molecule has 106 valence electrons. The normalized spacial score (nSPS) is 17.4. The fourth-order valence-electron chi connectivity index (χ4n) is 2.11. The van der Waals surface area contributed by atoms with Crippen molar-refractivity contribution in [3.63, 3.8) is 0 Å². The van der Waals surface area contributed by atoms with Crippen LogP contribution < -0.4 is 15.8 Å². The molecule has 19 heavy (non-hydrogen) atoms. The first-order chi connectivity index (χ1) is 9.19. The van der Waals surface area contributed by atoms with E-state index >= 15 is 0 Å². The molecule has 0 saturated carbocycles. The predicted molar refractivity (Wildman–Crippen MR) is 77.6 cm³/mol. The highest BCUT2D eigenvalue weighted by Crippen LogP contribution is 2.19. The highest BCUT2D eigenvalue weighted by molar-refractivity contribution is 5.61. The number of aromatic nitrogens is 1. The smallest absolute Gasteiger partial charge is 0.215 e. The van der Waals surface area contributed by atoms with E-state index in [-0.39, 0.29) is 0 Å². The van der Waals surface area contributed by atoms with Gasteiger partial charge in [-0.2, -0.15) is 4.98 Å². The number of nitrogen functional groups attached to an aromatic ring is 1. The van der Waals surface area contributed by atoms with E-state index in [2.05, 4.69) is 27.1 Å².